The number of carbonyl (C=O) groups is 1. The summed E-state index contributed by atoms with van der Waals surface area (Å²) in [6.45, 7) is -0.140. The van der Waals surface area contributed by atoms with Crippen LogP contribution in [0.1, 0.15) is 5.56 Å². The van der Waals surface area contributed by atoms with Crippen LogP contribution in [0, 0.1) is 0 Å². The summed E-state index contributed by atoms with van der Waals surface area (Å²) in [6, 6.07) is 15.2. The van der Waals surface area contributed by atoms with Crippen LogP contribution in [0.3, 0.4) is 0 Å². The van der Waals surface area contributed by atoms with Gasteiger partial charge in [0, 0.05) is 49.2 Å². The smallest absolute Gasteiger partial charge is 0.263 e. The summed E-state index contributed by atoms with van der Waals surface area (Å²) in [6.07, 6.45) is 7.01. The molecule has 1 amide bonds. The van der Waals surface area contributed by atoms with Gasteiger partial charge < -0.3 is 10.1 Å². The zero-order valence-electron chi connectivity index (χ0n) is 17.7. The molecule has 0 atom stereocenters. The summed E-state index contributed by atoms with van der Waals surface area (Å²) < 4.78 is 5.66. The fourth-order valence-electron chi connectivity index (χ4n) is 3.25. The number of aromatic nitrogens is 3. The van der Waals surface area contributed by atoms with E-state index in [0.717, 1.165) is 33.2 Å². The summed E-state index contributed by atoms with van der Waals surface area (Å²) in [5, 5.41) is 11.5. The number of nitrogens with one attached hydrogen (secondary N) is 2. The number of benzene rings is 2. The van der Waals surface area contributed by atoms with E-state index in [-0.39, 0.29) is 12.5 Å². The van der Waals surface area contributed by atoms with E-state index in [9.17, 15) is 4.79 Å². The van der Waals surface area contributed by atoms with Crippen molar-refractivity contribution in [2.75, 3.05) is 26.0 Å². The van der Waals surface area contributed by atoms with Gasteiger partial charge in [-0.3, -0.25) is 19.9 Å². The van der Waals surface area contributed by atoms with E-state index >= 15 is 0 Å². The molecule has 32 heavy (non-hydrogen) atoms. The summed E-state index contributed by atoms with van der Waals surface area (Å²) in [7, 11) is 3.39. The average molecular weight is 426 g/mol. The van der Waals surface area contributed by atoms with Crippen molar-refractivity contribution in [2.24, 2.45) is 9.98 Å². The Bertz CT molecular complexity index is 1300. The lowest BCUT2D eigenvalue weighted by Gasteiger charge is -2.09. The molecule has 0 aliphatic carbocycles. The number of hydrogen-bond acceptors (Lipinski definition) is 6. The second kappa shape index (κ2) is 9.65. The van der Waals surface area contributed by atoms with Crippen molar-refractivity contribution in [3.63, 3.8) is 0 Å². The molecule has 0 radical (unpaired) electrons. The molecule has 0 aliphatic heterocycles. The van der Waals surface area contributed by atoms with Gasteiger partial charge in [0.05, 0.1) is 11.9 Å². The number of nitrogens with zero attached hydrogens (tertiary/aromatic N) is 4. The quantitative estimate of drug-likeness (QED) is 0.439. The number of rotatable bonds is 7. The SMILES string of the molecule is CN=CC(=NC)c1cccc(OCC(=O)Nc2cc3cc(-c4cn[nH]c4)ccc3cn2)c1. The van der Waals surface area contributed by atoms with E-state index in [1.54, 1.807) is 38.8 Å². The number of carbonyl (C=O) groups excluding carboxylic acids is 1. The molecule has 0 bridgehead atoms. The Kier molecular flexibility index (Phi) is 6.31. The molecule has 8 heteroatoms. The Labute approximate surface area is 185 Å². The van der Waals surface area contributed by atoms with Gasteiger partial charge in [0.15, 0.2) is 6.61 Å². The van der Waals surface area contributed by atoms with E-state index in [2.05, 4.69) is 30.5 Å². The number of fused-ring (bicyclic) bond motifs is 1. The van der Waals surface area contributed by atoms with Crippen molar-refractivity contribution < 1.29 is 9.53 Å². The van der Waals surface area contributed by atoms with Gasteiger partial charge >= 0.3 is 0 Å². The average Bonchev–Trinajstić information content (AvgIpc) is 3.36. The lowest BCUT2D eigenvalue weighted by molar-refractivity contribution is -0.118. The minimum atomic E-state index is -0.298. The highest BCUT2D eigenvalue weighted by Crippen LogP contribution is 2.24. The maximum absolute atomic E-state index is 12.4. The highest BCUT2D eigenvalue weighted by molar-refractivity contribution is 6.38. The fraction of sp³-hybridized carbons (Fsp3) is 0.125. The van der Waals surface area contributed by atoms with Crippen molar-refractivity contribution in [1.82, 2.24) is 15.2 Å². The van der Waals surface area contributed by atoms with Crippen molar-refractivity contribution in [3.05, 3.63) is 72.7 Å². The third kappa shape index (κ3) is 4.86. The number of amides is 1. The maximum Gasteiger partial charge on any atom is 0.263 e. The second-order valence-electron chi connectivity index (χ2n) is 6.98. The maximum atomic E-state index is 12.4. The Morgan fingerprint density at radius 3 is 2.78 bits per heavy atom. The van der Waals surface area contributed by atoms with E-state index in [0.29, 0.717) is 11.6 Å². The first-order chi connectivity index (χ1) is 15.7. The summed E-state index contributed by atoms with van der Waals surface area (Å²) in [5.74, 6) is 0.732. The van der Waals surface area contributed by atoms with E-state index < -0.39 is 0 Å². The predicted octanol–water partition coefficient (Wildman–Crippen LogP) is 3.76. The first-order valence-corrected chi connectivity index (χ1v) is 9.97. The molecule has 2 aromatic heterocycles. The third-order valence-corrected chi connectivity index (χ3v) is 4.81. The zero-order valence-corrected chi connectivity index (χ0v) is 17.7. The Hall–Kier alpha value is -4.33. The van der Waals surface area contributed by atoms with E-state index in [1.807, 2.05) is 48.7 Å². The molecule has 0 spiro atoms. The van der Waals surface area contributed by atoms with Crippen molar-refractivity contribution in [2.45, 2.75) is 0 Å². The second-order valence-corrected chi connectivity index (χ2v) is 6.98. The van der Waals surface area contributed by atoms with Gasteiger partial charge in [-0.2, -0.15) is 5.10 Å². The number of aromatic amines is 1. The van der Waals surface area contributed by atoms with Crippen LogP contribution in [0.4, 0.5) is 5.82 Å². The van der Waals surface area contributed by atoms with Crippen LogP contribution in [0.5, 0.6) is 5.75 Å². The van der Waals surface area contributed by atoms with E-state index in [4.69, 9.17) is 4.74 Å². The van der Waals surface area contributed by atoms with Gasteiger partial charge in [0.25, 0.3) is 5.91 Å². The van der Waals surface area contributed by atoms with Gasteiger partial charge in [-0.25, -0.2) is 4.98 Å². The van der Waals surface area contributed by atoms with E-state index in [1.165, 1.54) is 0 Å². The van der Waals surface area contributed by atoms with Gasteiger partial charge in [-0.1, -0.05) is 24.3 Å². The lowest BCUT2D eigenvalue weighted by atomic mass is 10.1. The van der Waals surface area contributed by atoms with Crippen LogP contribution in [0.2, 0.25) is 0 Å². The normalized spacial score (nSPS) is 11.8. The molecule has 2 heterocycles. The van der Waals surface area contributed by atoms with Gasteiger partial charge in [-0.05, 0) is 35.2 Å². The minimum Gasteiger partial charge on any atom is -0.484 e. The van der Waals surface area contributed by atoms with Crippen molar-refractivity contribution in [1.29, 1.82) is 0 Å². The number of H-pyrrole nitrogens is 1. The molecule has 0 fully saturated rings. The molecule has 0 unspecified atom stereocenters. The molecule has 2 aromatic carbocycles. The largest absolute Gasteiger partial charge is 0.484 e. The molecule has 0 saturated heterocycles. The molecule has 0 aliphatic rings. The van der Waals surface area contributed by atoms with Crippen LogP contribution < -0.4 is 10.1 Å². The third-order valence-electron chi connectivity index (χ3n) is 4.81. The Morgan fingerprint density at radius 2 is 2.00 bits per heavy atom. The minimum absolute atomic E-state index is 0.140. The van der Waals surface area contributed by atoms with Gasteiger partial charge in [0.1, 0.15) is 11.6 Å². The van der Waals surface area contributed by atoms with Crippen LogP contribution in [-0.2, 0) is 4.79 Å². The number of aliphatic imine (C=N–C) groups is 2. The fourth-order valence-corrected chi connectivity index (χ4v) is 3.25. The highest BCUT2D eigenvalue weighted by Gasteiger charge is 2.08. The first kappa shape index (κ1) is 20.9. The van der Waals surface area contributed by atoms with Crippen LogP contribution in [-0.4, -0.2) is 53.7 Å². The predicted molar refractivity (Wildman–Crippen MR) is 127 cm³/mol. The molecule has 8 nitrogen and oxygen atoms in total. The lowest BCUT2D eigenvalue weighted by Crippen LogP contribution is -2.20. The van der Waals surface area contributed by atoms with Crippen molar-refractivity contribution >= 4 is 34.4 Å². The van der Waals surface area contributed by atoms with Gasteiger partial charge in [-0.15, -0.1) is 0 Å². The number of pyridine rings is 1. The first-order valence-electron chi connectivity index (χ1n) is 9.97. The Balaban J connectivity index is 1.43. The van der Waals surface area contributed by atoms with Crippen molar-refractivity contribution in [3.8, 4) is 16.9 Å². The summed E-state index contributed by atoms with van der Waals surface area (Å²) in [5.41, 5.74) is 3.62. The molecule has 0 saturated carbocycles. The topological polar surface area (TPSA) is 105 Å². The molecule has 160 valence electrons. The number of ether oxygens (including phenoxy) is 1. The Morgan fingerprint density at radius 1 is 1.09 bits per heavy atom. The number of anilines is 1. The standard InChI is InChI=1S/C24H22N6O2/c1-25-14-22(26-2)17-4-3-5-21(9-17)32-15-24(31)30-23-10-19-8-16(20-12-28-29-13-20)6-7-18(19)11-27-23/h3-14H,15H2,1-2H3,(H,28,29)(H,27,30,31). The molecular formula is C24H22N6O2. The molecule has 2 N–H and O–H groups in total. The summed E-state index contributed by atoms with van der Waals surface area (Å²) in [4.78, 5) is 25.0. The molecule has 4 rings (SSSR count). The zero-order chi connectivity index (χ0) is 22.3. The van der Waals surface area contributed by atoms with Crippen LogP contribution in [0.25, 0.3) is 21.9 Å². The highest BCUT2D eigenvalue weighted by atomic mass is 16.5. The molecule has 4 aromatic rings. The van der Waals surface area contributed by atoms with Gasteiger partial charge in [0.2, 0.25) is 0 Å². The van der Waals surface area contributed by atoms with Crippen LogP contribution >= 0.6 is 0 Å². The summed E-state index contributed by atoms with van der Waals surface area (Å²) >= 11 is 0. The van der Waals surface area contributed by atoms with Crippen LogP contribution in [0.15, 0.2) is 77.1 Å². The molecular weight excluding hydrogens is 404 g/mol. The number of hydrogen-bond donors (Lipinski definition) is 2. The monoisotopic (exact) mass is 426 g/mol.